The third kappa shape index (κ3) is 11.4. The van der Waals surface area contributed by atoms with Gasteiger partial charge >= 0.3 is 0 Å². The lowest BCUT2D eigenvalue weighted by Gasteiger charge is -2.36. The van der Waals surface area contributed by atoms with Gasteiger partial charge in [-0.2, -0.15) is 5.10 Å². The second-order valence-corrected chi connectivity index (χ2v) is 19.2. The number of pyridine rings is 1. The lowest BCUT2D eigenvalue weighted by Crippen LogP contribution is -2.52. The molecule has 2 saturated heterocycles. The van der Waals surface area contributed by atoms with E-state index in [0.717, 1.165) is 110 Å². The van der Waals surface area contributed by atoms with Crippen molar-refractivity contribution in [1.82, 2.24) is 79.3 Å². The van der Waals surface area contributed by atoms with Crippen LogP contribution in [-0.4, -0.2) is 184 Å². The Morgan fingerprint density at radius 1 is 0.658 bits per heavy atom. The van der Waals surface area contributed by atoms with Crippen molar-refractivity contribution in [2.24, 2.45) is 14.1 Å². The highest BCUT2D eigenvalue weighted by Crippen LogP contribution is 2.35. The van der Waals surface area contributed by atoms with Crippen molar-refractivity contribution in [1.29, 1.82) is 0 Å². The summed E-state index contributed by atoms with van der Waals surface area (Å²) >= 11 is 0. The molecular weight excluding hydrogens is 969 g/mol. The Bertz CT molecular complexity index is 3090. The summed E-state index contributed by atoms with van der Waals surface area (Å²) in [6.07, 6.45) is 12.2. The highest BCUT2D eigenvalue weighted by molar-refractivity contribution is 6.06. The first kappa shape index (κ1) is 52.8. The lowest BCUT2D eigenvalue weighted by atomic mass is 10.1. The highest BCUT2D eigenvalue weighted by atomic mass is 16.5. The Hall–Kier alpha value is -8.06. The smallest absolute Gasteiger partial charge is 0.256 e. The van der Waals surface area contributed by atoms with E-state index in [1.165, 1.54) is 0 Å². The molecule has 9 heterocycles. The summed E-state index contributed by atoms with van der Waals surface area (Å²) < 4.78 is 14.0. The van der Waals surface area contributed by atoms with Gasteiger partial charge in [0.25, 0.3) is 11.8 Å². The van der Waals surface area contributed by atoms with Crippen molar-refractivity contribution >= 4 is 68.4 Å². The summed E-state index contributed by atoms with van der Waals surface area (Å²) in [7, 11) is 11.0. The molecule has 76 heavy (non-hydrogen) atoms. The van der Waals surface area contributed by atoms with E-state index >= 15 is 0 Å². The maximum absolute atomic E-state index is 13.3. The van der Waals surface area contributed by atoms with Gasteiger partial charge in [0.15, 0.2) is 0 Å². The van der Waals surface area contributed by atoms with Crippen molar-refractivity contribution < 1.29 is 19.1 Å². The number of rotatable bonds is 16. The monoisotopic (exact) mass is 1040 g/mol. The first-order chi connectivity index (χ1) is 36.7. The molecule has 1 aromatic carbocycles. The molecule has 8 aromatic rings. The van der Waals surface area contributed by atoms with Crippen molar-refractivity contribution in [3.63, 3.8) is 0 Å². The summed E-state index contributed by atoms with van der Waals surface area (Å²) in [4.78, 5) is 62.1. The Labute approximate surface area is 441 Å². The minimum absolute atomic E-state index is 0.00387. The van der Waals surface area contributed by atoms with Crippen LogP contribution in [0, 0.1) is 13.8 Å². The van der Waals surface area contributed by atoms with E-state index < -0.39 is 0 Å². The number of H-pyrrole nitrogens is 2. The first-order valence-corrected chi connectivity index (χ1v) is 25.5. The van der Waals surface area contributed by atoms with Crippen LogP contribution in [0.2, 0.25) is 0 Å². The van der Waals surface area contributed by atoms with E-state index in [1.807, 2.05) is 58.4 Å². The van der Waals surface area contributed by atoms with E-state index in [4.69, 9.17) is 19.4 Å². The lowest BCUT2D eigenvalue weighted by molar-refractivity contribution is -0.122. The van der Waals surface area contributed by atoms with E-state index in [1.54, 1.807) is 54.6 Å². The van der Waals surface area contributed by atoms with Crippen LogP contribution >= 0.6 is 0 Å². The van der Waals surface area contributed by atoms with Crippen LogP contribution in [0.5, 0.6) is 11.8 Å². The quantitative estimate of drug-likeness (QED) is 0.0693. The Balaban J connectivity index is 0.000000186. The number of piperazine rings is 2. The fraction of sp³-hybridized carbons (Fsp3) is 0.423. The number of aromatic nitrogens is 12. The molecular formula is C52H68N20O4. The third-order valence-electron chi connectivity index (χ3n) is 13.9. The average molecular weight is 1040 g/mol. The van der Waals surface area contributed by atoms with Crippen LogP contribution in [0.25, 0.3) is 44.6 Å². The highest BCUT2D eigenvalue weighted by Gasteiger charge is 2.30. The number of carbonyl (C=O) groups is 2. The zero-order valence-electron chi connectivity index (χ0n) is 44.9. The van der Waals surface area contributed by atoms with Crippen molar-refractivity contribution in [2.45, 2.75) is 52.6 Å². The fourth-order valence-electron chi connectivity index (χ4n) is 9.73. The van der Waals surface area contributed by atoms with E-state index in [2.05, 4.69) is 109 Å². The Morgan fingerprint density at radius 2 is 1.18 bits per heavy atom. The molecule has 2 atom stereocenters. The largest absolute Gasteiger partial charge is 0.478 e. The molecule has 10 rings (SSSR count). The molecule has 24 heteroatoms. The van der Waals surface area contributed by atoms with Gasteiger partial charge in [0.1, 0.15) is 16.9 Å². The minimum Gasteiger partial charge on any atom is -0.478 e. The van der Waals surface area contributed by atoms with E-state index in [9.17, 15) is 9.59 Å². The maximum atomic E-state index is 13.3. The van der Waals surface area contributed by atoms with Gasteiger partial charge in [0, 0.05) is 102 Å². The van der Waals surface area contributed by atoms with Crippen LogP contribution < -0.4 is 30.7 Å². The van der Waals surface area contributed by atoms with Crippen molar-refractivity contribution in [2.75, 3.05) is 102 Å². The molecule has 2 amide bonds. The van der Waals surface area contributed by atoms with E-state index in [-0.39, 0.29) is 23.9 Å². The van der Waals surface area contributed by atoms with Crippen LogP contribution in [0.4, 0.5) is 34.6 Å². The van der Waals surface area contributed by atoms with Crippen molar-refractivity contribution in [3.8, 4) is 34.4 Å². The molecule has 0 unspecified atom stereocenters. The molecule has 0 saturated carbocycles. The Morgan fingerprint density at radius 3 is 1.72 bits per heavy atom. The molecule has 0 bridgehead atoms. The number of para-hydroxylation sites is 1. The zero-order valence-corrected chi connectivity index (χ0v) is 44.9. The molecule has 2 aliphatic heterocycles. The molecule has 2 fully saturated rings. The van der Waals surface area contributed by atoms with Gasteiger partial charge in [-0.25, -0.2) is 19.9 Å². The van der Waals surface area contributed by atoms with Gasteiger partial charge in [-0.1, -0.05) is 26.0 Å². The predicted molar refractivity (Wildman–Crippen MR) is 293 cm³/mol. The number of nitrogens with one attached hydrogen (secondary N) is 6. The number of hydrogen-bond acceptors (Lipinski definition) is 18. The summed E-state index contributed by atoms with van der Waals surface area (Å²) in [5.74, 6) is 1.71. The number of aromatic amines is 2. The van der Waals surface area contributed by atoms with Gasteiger partial charge < -0.3 is 45.5 Å². The SMILES string of the molecule is CC[C@@H](C(=O)Nc1cccc2c(-c3nc(Nc4cn(C)nc4OC)ncc3C)[nH]nc12)N1CCN(C)CC1.CC[C@@H](C(=O)Nc1ccnc2c(-c3nc(Nc4cn(C)nc4OC)ncc3C)c[nH]c12)N1CCN(C)CC1. The number of amides is 2. The summed E-state index contributed by atoms with van der Waals surface area (Å²) in [5.41, 5.74) is 9.66. The van der Waals surface area contributed by atoms with E-state index in [0.29, 0.717) is 57.6 Å². The third-order valence-corrected chi connectivity index (χ3v) is 13.9. The number of fused-ring (bicyclic) bond motifs is 2. The van der Waals surface area contributed by atoms with Crippen LogP contribution in [0.3, 0.4) is 0 Å². The number of anilines is 6. The van der Waals surface area contributed by atoms with Crippen LogP contribution in [0.1, 0.15) is 37.8 Å². The van der Waals surface area contributed by atoms with Crippen molar-refractivity contribution in [3.05, 3.63) is 72.6 Å². The normalized spacial score (nSPS) is 15.5. The number of benzene rings is 1. The summed E-state index contributed by atoms with van der Waals surface area (Å²) in [6, 6.07) is 7.25. The second-order valence-electron chi connectivity index (χ2n) is 19.2. The van der Waals surface area contributed by atoms with Crippen LogP contribution in [0.15, 0.2) is 61.4 Å². The predicted octanol–water partition coefficient (Wildman–Crippen LogP) is 5.56. The zero-order chi connectivity index (χ0) is 53.6. The fourth-order valence-corrected chi connectivity index (χ4v) is 9.73. The molecule has 0 aliphatic carbocycles. The molecule has 7 aromatic heterocycles. The van der Waals surface area contributed by atoms with Gasteiger partial charge in [-0.05, 0) is 64.0 Å². The number of carbonyl (C=O) groups excluding carboxylic acids is 2. The van der Waals surface area contributed by atoms with Gasteiger partial charge in [-0.3, -0.25) is 38.8 Å². The summed E-state index contributed by atoms with van der Waals surface area (Å²) in [5, 5.41) is 29.7. The summed E-state index contributed by atoms with van der Waals surface area (Å²) in [6.45, 7) is 15.4. The van der Waals surface area contributed by atoms with Gasteiger partial charge in [-0.15, -0.1) is 10.2 Å². The molecule has 2 aliphatic rings. The number of nitrogens with zero attached hydrogens (tertiary/aromatic N) is 14. The first-order valence-electron chi connectivity index (χ1n) is 25.5. The topological polar surface area (TPSA) is 258 Å². The van der Waals surface area contributed by atoms with Gasteiger partial charge in [0.05, 0.1) is 78.2 Å². The second kappa shape index (κ2) is 23.2. The van der Waals surface area contributed by atoms with Crippen LogP contribution in [-0.2, 0) is 23.7 Å². The molecule has 6 N–H and O–H groups in total. The van der Waals surface area contributed by atoms with Gasteiger partial charge in [0.2, 0.25) is 23.7 Å². The molecule has 0 spiro atoms. The number of ether oxygens (including phenoxy) is 2. The minimum atomic E-state index is -0.181. The number of methoxy groups -OCH3 is 2. The number of aryl methyl sites for hydroxylation is 4. The maximum Gasteiger partial charge on any atom is 0.256 e. The number of hydrogen-bond donors (Lipinski definition) is 6. The molecule has 24 nitrogen and oxygen atoms in total. The Kier molecular flexibility index (Phi) is 16.1. The standard InChI is InChI=1S/2C26H34N10O2/c1-6-20(36-11-9-34(3)10-12-36)24(37)30-18-7-8-27-22-17(14-28-23(18)22)21-16(2)13-29-26(32-21)31-19-15-35(4)33-25(19)38-5;1-6-20(36-12-10-34(3)11-13-36)24(37)28-18-9-7-8-17-22(18)31-32-23(17)21-16(2)14-27-26(30-21)29-19-15-35(4)33-25(19)38-5/h7-8,13-15,20,28H,6,9-12H2,1-5H3,(H,27,30,37)(H,29,31,32);7-9,14-15,20H,6,10-13H2,1-5H3,(H,28,37)(H,31,32)(H,27,29,30)/t2*20-/m00/s1. The number of likely N-dealkylation sites (N-methyl/N-ethyl adjacent to an activating group) is 2. The molecule has 400 valence electrons. The average Bonchev–Trinajstić information content (AvgIpc) is 4.25. The molecule has 0 radical (unpaired) electrons.